The number of hydrogen-bond donors (Lipinski definition) is 2. The lowest BCUT2D eigenvalue weighted by molar-refractivity contribution is -0.143. The number of nitrogens with zero attached hydrogens (tertiary/aromatic N) is 1. The maximum Gasteiger partial charge on any atom is 0.412 e. The fourth-order valence-corrected chi connectivity index (χ4v) is 3.30. The number of carbonyl (C=O) groups is 3. The number of nitrogens with one attached hydrogen (secondary N) is 1. The second-order valence-electron chi connectivity index (χ2n) is 6.26. The summed E-state index contributed by atoms with van der Waals surface area (Å²) in [4.78, 5) is 40.3. The van der Waals surface area contributed by atoms with E-state index in [4.69, 9.17) is 10.5 Å². The zero-order valence-corrected chi connectivity index (χ0v) is 18.2. The van der Waals surface area contributed by atoms with Crippen LogP contribution in [0.5, 0.6) is 0 Å². The second kappa shape index (κ2) is 12.4. The van der Waals surface area contributed by atoms with E-state index in [-0.39, 0.29) is 23.3 Å². The first-order valence-corrected chi connectivity index (χ1v) is 10.6. The van der Waals surface area contributed by atoms with Gasteiger partial charge in [0.05, 0.1) is 25.1 Å². The summed E-state index contributed by atoms with van der Waals surface area (Å²) in [5.74, 6) is 0.0602. The van der Waals surface area contributed by atoms with Crippen molar-refractivity contribution in [3.63, 3.8) is 0 Å². The predicted octanol–water partition coefficient (Wildman–Crippen LogP) is 3.92. The summed E-state index contributed by atoms with van der Waals surface area (Å²) < 4.78 is 9.54. The van der Waals surface area contributed by atoms with E-state index < -0.39 is 6.09 Å². The van der Waals surface area contributed by atoms with Gasteiger partial charge in [-0.25, -0.2) is 9.79 Å². The van der Waals surface area contributed by atoms with E-state index in [2.05, 4.69) is 15.0 Å². The number of ketones is 1. The van der Waals surface area contributed by atoms with Crippen molar-refractivity contribution in [1.82, 2.24) is 5.32 Å². The van der Waals surface area contributed by atoms with Crippen LogP contribution in [0.3, 0.4) is 0 Å². The Bertz CT molecular complexity index is 947. The van der Waals surface area contributed by atoms with E-state index in [0.29, 0.717) is 41.3 Å². The highest BCUT2D eigenvalue weighted by Crippen LogP contribution is 2.26. The molecule has 0 atom stereocenters. The lowest BCUT2D eigenvalue weighted by Gasteiger charge is -2.10. The standard InChI is InChI=1S/C22H25N3O5S/c1-3-30-19(26)10-7-13-31-21(25-22(28)29-2)24-18-14-16(11-12-17(18)23)20(27)15-8-5-4-6-9-15/h4-6,8-9,11-12,14H,3,7,10,13,23H2,1-2H3,(H,24,25,28). The molecule has 0 aromatic heterocycles. The SMILES string of the molecule is CCOC(=O)CCCSC(=Nc1cc(C(=O)c2ccccc2)ccc1N)NC(=O)OC. The molecule has 0 aliphatic heterocycles. The van der Waals surface area contributed by atoms with Gasteiger partial charge in [0.25, 0.3) is 0 Å². The van der Waals surface area contributed by atoms with Crippen LogP contribution in [0, 0.1) is 0 Å². The highest BCUT2D eigenvalue weighted by atomic mass is 32.2. The van der Waals surface area contributed by atoms with Gasteiger partial charge >= 0.3 is 12.1 Å². The molecule has 2 aromatic rings. The number of amides is 1. The molecule has 0 bridgehead atoms. The molecule has 1 amide bonds. The third-order valence-electron chi connectivity index (χ3n) is 4.01. The Kier molecular flexibility index (Phi) is 9.57. The number of rotatable bonds is 8. The minimum atomic E-state index is -0.688. The van der Waals surface area contributed by atoms with Crippen LogP contribution < -0.4 is 11.1 Å². The first-order chi connectivity index (χ1) is 14.9. The quantitative estimate of drug-likeness (QED) is 0.158. The average molecular weight is 444 g/mol. The summed E-state index contributed by atoms with van der Waals surface area (Å²) in [7, 11) is 1.24. The number of aliphatic imine (C=N–C) groups is 1. The van der Waals surface area contributed by atoms with Crippen molar-refractivity contribution in [2.24, 2.45) is 4.99 Å². The molecule has 2 aromatic carbocycles. The van der Waals surface area contributed by atoms with Gasteiger partial charge in [0.2, 0.25) is 0 Å². The van der Waals surface area contributed by atoms with Crippen LogP contribution in [0.2, 0.25) is 0 Å². The van der Waals surface area contributed by atoms with Gasteiger partial charge in [0.1, 0.15) is 0 Å². The van der Waals surface area contributed by atoms with Gasteiger partial charge in [0.15, 0.2) is 11.0 Å². The first kappa shape index (κ1) is 23.9. The Labute approximate surface area is 185 Å². The molecule has 0 spiro atoms. The zero-order valence-electron chi connectivity index (χ0n) is 17.4. The average Bonchev–Trinajstić information content (AvgIpc) is 2.78. The number of nitrogens with two attached hydrogens (primary N) is 1. The van der Waals surface area contributed by atoms with Crippen LogP contribution in [-0.2, 0) is 14.3 Å². The van der Waals surface area contributed by atoms with Gasteiger partial charge in [-0.1, -0.05) is 42.1 Å². The van der Waals surface area contributed by atoms with Gasteiger partial charge in [-0.3, -0.25) is 14.9 Å². The number of thioether (sulfide) groups is 1. The Morgan fingerprint density at radius 2 is 1.84 bits per heavy atom. The van der Waals surface area contributed by atoms with Crippen molar-refractivity contribution in [2.75, 3.05) is 25.2 Å². The molecule has 0 radical (unpaired) electrons. The molecule has 31 heavy (non-hydrogen) atoms. The summed E-state index contributed by atoms with van der Waals surface area (Å²) in [5, 5.41) is 2.77. The number of benzene rings is 2. The monoisotopic (exact) mass is 443 g/mol. The normalized spacial score (nSPS) is 11.0. The van der Waals surface area contributed by atoms with Crippen molar-refractivity contribution >= 4 is 46.2 Å². The van der Waals surface area contributed by atoms with Crippen LogP contribution in [0.1, 0.15) is 35.7 Å². The summed E-state index contributed by atoms with van der Waals surface area (Å²) in [6.07, 6.45) is 0.106. The molecular formula is C22H25N3O5S. The van der Waals surface area contributed by atoms with E-state index in [1.165, 1.54) is 18.9 Å². The molecule has 0 unspecified atom stereocenters. The summed E-state index contributed by atoms with van der Waals surface area (Å²) in [6.45, 7) is 2.08. The molecule has 9 heteroatoms. The molecule has 8 nitrogen and oxygen atoms in total. The van der Waals surface area contributed by atoms with E-state index in [1.807, 2.05) is 6.07 Å². The molecule has 0 saturated carbocycles. The van der Waals surface area contributed by atoms with Gasteiger partial charge in [0, 0.05) is 23.3 Å². The maximum absolute atomic E-state index is 12.7. The van der Waals surface area contributed by atoms with Gasteiger partial charge < -0.3 is 15.2 Å². The molecule has 0 saturated heterocycles. The number of amidine groups is 1. The molecule has 0 aliphatic rings. The molecule has 0 heterocycles. The van der Waals surface area contributed by atoms with E-state index in [1.54, 1.807) is 49.4 Å². The third kappa shape index (κ3) is 7.78. The van der Waals surface area contributed by atoms with E-state index in [9.17, 15) is 14.4 Å². The number of anilines is 1. The van der Waals surface area contributed by atoms with E-state index in [0.717, 1.165) is 0 Å². The minimum absolute atomic E-state index is 0.165. The number of methoxy groups -OCH3 is 1. The highest BCUT2D eigenvalue weighted by molar-refractivity contribution is 8.13. The fraction of sp³-hybridized carbons (Fsp3) is 0.273. The number of esters is 1. The zero-order chi connectivity index (χ0) is 22.6. The van der Waals surface area contributed by atoms with Crippen LogP contribution in [0.4, 0.5) is 16.2 Å². The Morgan fingerprint density at radius 1 is 1.10 bits per heavy atom. The lowest BCUT2D eigenvalue weighted by atomic mass is 10.0. The Morgan fingerprint density at radius 3 is 2.52 bits per heavy atom. The third-order valence-corrected chi connectivity index (χ3v) is 4.97. The predicted molar refractivity (Wildman–Crippen MR) is 122 cm³/mol. The maximum atomic E-state index is 12.7. The van der Waals surface area contributed by atoms with Gasteiger partial charge in [-0.2, -0.15) is 0 Å². The van der Waals surface area contributed by atoms with Crippen LogP contribution in [0.25, 0.3) is 0 Å². The van der Waals surface area contributed by atoms with Crippen LogP contribution in [0.15, 0.2) is 53.5 Å². The largest absolute Gasteiger partial charge is 0.466 e. The molecule has 0 fully saturated rings. The molecular weight excluding hydrogens is 418 g/mol. The van der Waals surface area contributed by atoms with Gasteiger partial charge in [-0.05, 0) is 31.5 Å². The number of hydrogen-bond acceptors (Lipinski definition) is 8. The molecule has 2 rings (SSSR count). The minimum Gasteiger partial charge on any atom is -0.466 e. The van der Waals surface area contributed by atoms with Crippen molar-refractivity contribution in [2.45, 2.75) is 19.8 Å². The number of nitrogen functional groups attached to an aromatic ring is 1. The van der Waals surface area contributed by atoms with Gasteiger partial charge in [-0.15, -0.1) is 0 Å². The van der Waals surface area contributed by atoms with E-state index >= 15 is 0 Å². The molecule has 0 aliphatic carbocycles. The van der Waals surface area contributed by atoms with Crippen molar-refractivity contribution in [3.8, 4) is 0 Å². The molecule has 164 valence electrons. The van der Waals surface area contributed by atoms with Crippen LogP contribution >= 0.6 is 11.8 Å². The topological polar surface area (TPSA) is 120 Å². The lowest BCUT2D eigenvalue weighted by Crippen LogP contribution is -2.28. The number of carbonyl (C=O) groups excluding carboxylic acids is 3. The Balaban J connectivity index is 2.19. The number of alkyl carbamates (subject to hydrolysis) is 1. The smallest absolute Gasteiger partial charge is 0.412 e. The van der Waals surface area contributed by atoms with Crippen molar-refractivity contribution < 1.29 is 23.9 Å². The van der Waals surface area contributed by atoms with Crippen molar-refractivity contribution in [3.05, 3.63) is 59.7 Å². The molecule has 3 N–H and O–H groups in total. The summed E-state index contributed by atoms with van der Waals surface area (Å²) in [5.41, 5.74) is 7.69. The Hall–Kier alpha value is -3.33. The first-order valence-electron chi connectivity index (χ1n) is 9.66. The second-order valence-corrected chi connectivity index (χ2v) is 7.34. The summed E-state index contributed by atoms with van der Waals surface area (Å²) >= 11 is 1.23. The fourth-order valence-electron chi connectivity index (χ4n) is 2.50. The van der Waals surface area contributed by atoms with Crippen molar-refractivity contribution in [1.29, 1.82) is 0 Å². The summed E-state index contributed by atoms with van der Waals surface area (Å²) in [6, 6.07) is 13.7. The van der Waals surface area contributed by atoms with Crippen LogP contribution in [-0.4, -0.2) is 42.5 Å². The number of ether oxygens (including phenoxy) is 2. The highest BCUT2D eigenvalue weighted by Gasteiger charge is 2.13.